The first-order valence-corrected chi connectivity index (χ1v) is 11.1. The van der Waals surface area contributed by atoms with Crippen LogP contribution in [0.3, 0.4) is 0 Å². The molecule has 34 heavy (non-hydrogen) atoms. The highest BCUT2D eigenvalue weighted by Gasteiger charge is 2.32. The van der Waals surface area contributed by atoms with Gasteiger partial charge in [-0.25, -0.2) is 4.79 Å². The number of carboxylic acids is 1. The van der Waals surface area contributed by atoms with E-state index < -0.39 is 23.9 Å². The first-order valence-electron chi connectivity index (χ1n) is 11.1. The van der Waals surface area contributed by atoms with Crippen LogP contribution in [0, 0.1) is 5.92 Å². The van der Waals surface area contributed by atoms with Gasteiger partial charge in [0.15, 0.2) is 0 Å². The highest BCUT2D eigenvalue weighted by atomic mass is 16.5. The number of H-pyrrole nitrogens is 1. The Hall–Kier alpha value is -4.21. The van der Waals surface area contributed by atoms with E-state index in [-0.39, 0.29) is 30.3 Å². The molecule has 0 radical (unpaired) electrons. The van der Waals surface area contributed by atoms with Crippen molar-refractivity contribution < 1.29 is 24.2 Å². The van der Waals surface area contributed by atoms with Gasteiger partial charge in [-0.3, -0.25) is 20.0 Å². The lowest BCUT2D eigenvalue weighted by molar-refractivity contribution is -0.141. The molecule has 1 heterocycles. The molecule has 0 spiro atoms. The standard InChI is InChI=1S/C24H23N5O5/c30-21(25-14-10-9-13(11-14)22(31)32)20-26-23(29-28-20)27-24(33)34-12-19-17-7-3-1-5-15(17)16-6-2-4-8-18(16)19/h1-8,13-14,19H,9-12H2,(H,25,30)(H,31,32)(H2,26,27,28,29,33)/t13-,14+/m0/s1. The number of ether oxygens (including phenoxy) is 1. The molecule has 0 bridgehead atoms. The monoisotopic (exact) mass is 461 g/mol. The van der Waals surface area contributed by atoms with Crippen molar-refractivity contribution in [1.29, 1.82) is 0 Å². The van der Waals surface area contributed by atoms with Crippen LogP contribution in [0.2, 0.25) is 0 Å². The normalized spacial score (nSPS) is 18.7. The number of aromatic nitrogens is 3. The molecule has 0 saturated heterocycles. The number of hydrogen-bond donors (Lipinski definition) is 4. The number of amides is 2. The second-order valence-electron chi connectivity index (χ2n) is 8.48. The van der Waals surface area contributed by atoms with Crippen LogP contribution >= 0.6 is 0 Å². The van der Waals surface area contributed by atoms with E-state index in [1.807, 2.05) is 36.4 Å². The number of rotatable bonds is 6. The molecule has 1 aromatic heterocycles. The summed E-state index contributed by atoms with van der Waals surface area (Å²) >= 11 is 0. The molecule has 1 fully saturated rings. The fraction of sp³-hybridized carbons (Fsp3) is 0.292. The van der Waals surface area contributed by atoms with Crippen molar-refractivity contribution in [2.75, 3.05) is 11.9 Å². The van der Waals surface area contributed by atoms with Crippen molar-refractivity contribution in [1.82, 2.24) is 20.5 Å². The summed E-state index contributed by atoms with van der Waals surface area (Å²) < 4.78 is 5.46. The molecule has 10 heteroatoms. The molecule has 3 aromatic rings. The van der Waals surface area contributed by atoms with Gasteiger partial charge in [0.25, 0.3) is 11.9 Å². The molecule has 0 unspecified atom stereocenters. The van der Waals surface area contributed by atoms with Gasteiger partial charge in [-0.05, 0) is 41.5 Å². The Bertz CT molecular complexity index is 1210. The number of aliphatic carboxylic acids is 1. The van der Waals surface area contributed by atoms with E-state index in [1.165, 1.54) is 0 Å². The Balaban J connectivity index is 1.17. The van der Waals surface area contributed by atoms with Crippen molar-refractivity contribution in [3.63, 3.8) is 0 Å². The maximum atomic E-state index is 12.4. The maximum Gasteiger partial charge on any atom is 0.414 e. The lowest BCUT2D eigenvalue weighted by Crippen LogP contribution is -2.34. The summed E-state index contributed by atoms with van der Waals surface area (Å²) in [5.74, 6) is -2.06. The molecule has 4 N–H and O–H groups in total. The zero-order valence-electron chi connectivity index (χ0n) is 18.2. The number of benzene rings is 2. The number of nitrogens with one attached hydrogen (secondary N) is 3. The lowest BCUT2D eigenvalue weighted by atomic mass is 9.98. The number of carboxylic acid groups (broad SMARTS) is 1. The summed E-state index contributed by atoms with van der Waals surface area (Å²) in [5, 5.41) is 20.6. The highest BCUT2D eigenvalue weighted by molar-refractivity contribution is 5.91. The Morgan fingerprint density at radius 1 is 1.03 bits per heavy atom. The fourth-order valence-corrected chi connectivity index (χ4v) is 4.74. The molecule has 174 valence electrons. The SMILES string of the molecule is O=C(Nc1n[nH]c(C(=O)N[C@@H]2CC[C@H](C(=O)O)C2)n1)OCC1c2ccccc2-c2ccccc21. The molecule has 0 aliphatic heterocycles. The number of anilines is 1. The highest BCUT2D eigenvalue weighted by Crippen LogP contribution is 2.44. The molecule has 2 aliphatic carbocycles. The second-order valence-corrected chi connectivity index (χ2v) is 8.48. The van der Waals surface area contributed by atoms with E-state index in [1.54, 1.807) is 0 Å². The smallest absolute Gasteiger partial charge is 0.414 e. The number of hydrogen-bond acceptors (Lipinski definition) is 6. The van der Waals surface area contributed by atoms with E-state index in [0.29, 0.717) is 19.3 Å². The molecule has 2 atom stereocenters. The molecule has 1 saturated carbocycles. The van der Waals surface area contributed by atoms with Gasteiger partial charge in [-0.1, -0.05) is 48.5 Å². The van der Waals surface area contributed by atoms with Crippen molar-refractivity contribution in [2.24, 2.45) is 5.92 Å². The summed E-state index contributed by atoms with van der Waals surface area (Å²) in [7, 11) is 0. The van der Waals surface area contributed by atoms with Gasteiger partial charge in [0, 0.05) is 12.0 Å². The summed E-state index contributed by atoms with van der Waals surface area (Å²) in [4.78, 5) is 39.8. The van der Waals surface area contributed by atoms with Crippen LogP contribution in [-0.2, 0) is 9.53 Å². The predicted molar refractivity (Wildman–Crippen MR) is 121 cm³/mol. The van der Waals surface area contributed by atoms with Gasteiger partial charge in [-0.15, -0.1) is 5.10 Å². The average Bonchev–Trinajstić information content (AvgIpc) is 3.56. The van der Waals surface area contributed by atoms with Gasteiger partial charge in [0.05, 0.1) is 5.92 Å². The number of aromatic amines is 1. The third kappa shape index (κ3) is 4.21. The Labute approximate surface area is 194 Å². The third-order valence-corrected chi connectivity index (χ3v) is 6.38. The molecular formula is C24H23N5O5. The second kappa shape index (κ2) is 8.97. The van der Waals surface area contributed by atoms with Crippen LogP contribution in [0.1, 0.15) is 46.9 Å². The molecular weight excluding hydrogens is 438 g/mol. The van der Waals surface area contributed by atoms with Gasteiger partial charge in [0.2, 0.25) is 5.82 Å². The molecule has 2 amide bonds. The van der Waals surface area contributed by atoms with E-state index in [4.69, 9.17) is 9.84 Å². The number of fused-ring (bicyclic) bond motifs is 3. The molecule has 2 aliphatic rings. The van der Waals surface area contributed by atoms with Crippen LogP contribution < -0.4 is 10.6 Å². The summed E-state index contributed by atoms with van der Waals surface area (Å²) in [5.41, 5.74) is 4.47. The van der Waals surface area contributed by atoms with Crippen LogP contribution in [0.15, 0.2) is 48.5 Å². The molecule has 5 rings (SSSR count). The molecule has 10 nitrogen and oxygen atoms in total. The topological polar surface area (TPSA) is 146 Å². The largest absolute Gasteiger partial charge is 0.481 e. The maximum absolute atomic E-state index is 12.4. The van der Waals surface area contributed by atoms with Crippen molar-refractivity contribution in [3.8, 4) is 11.1 Å². The zero-order valence-corrected chi connectivity index (χ0v) is 18.2. The lowest BCUT2D eigenvalue weighted by Gasteiger charge is -2.13. The van der Waals surface area contributed by atoms with Gasteiger partial charge in [-0.2, -0.15) is 4.98 Å². The first kappa shape index (κ1) is 21.6. The summed E-state index contributed by atoms with van der Waals surface area (Å²) in [6, 6.07) is 15.8. The van der Waals surface area contributed by atoms with Crippen molar-refractivity contribution in [3.05, 3.63) is 65.5 Å². The van der Waals surface area contributed by atoms with Crippen LogP contribution in [-0.4, -0.2) is 50.9 Å². The van der Waals surface area contributed by atoms with Crippen molar-refractivity contribution >= 4 is 23.9 Å². The minimum absolute atomic E-state index is 0.0762. The van der Waals surface area contributed by atoms with Crippen LogP contribution in [0.25, 0.3) is 11.1 Å². The summed E-state index contributed by atoms with van der Waals surface area (Å²) in [6.45, 7) is 0.143. The minimum atomic E-state index is -0.856. The van der Waals surface area contributed by atoms with Crippen LogP contribution in [0.5, 0.6) is 0 Å². The number of carbonyl (C=O) groups is 3. The number of carbonyl (C=O) groups excluding carboxylic acids is 2. The van der Waals surface area contributed by atoms with E-state index >= 15 is 0 Å². The van der Waals surface area contributed by atoms with E-state index in [0.717, 1.165) is 22.3 Å². The predicted octanol–water partition coefficient (Wildman–Crippen LogP) is 3.15. The minimum Gasteiger partial charge on any atom is -0.481 e. The Kier molecular flexibility index (Phi) is 5.70. The first-order chi connectivity index (χ1) is 16.5. The van der Waals surface area contributed by atoms with E-state index in [2.05, 4.69) is 37.9 Å². The number of nitrogens with zero attached hydrogens (tertiary/aromatic N) is 2. The van der Waals surface area contributed by atoms with Gasteiger partial charge in [0.1, 0.15) is 6.61 Å². The van der Waals surface area contributed by atoms with E-state index in [9.17, 15) is 14.4 Å². The third-order valence-electron chi connectivity index (χ3n) is 6.38. The summed E-state index contributed by atoms with van der Waals surface area (Å²) in [6.07, 6.45) is 0.750. The Morgan fingerprint density at radius 2 is 1.71 bits per heavy atom. The van der Waals surface area contributed by atoms with Gasteiger partial charge < -0.3 is 15.2 Å². The quantitative estimate of drug-likeness (QED) is 0.441. The van der Waals surface area contributed by atoms with Crippen molar-refractivity contribution in [2.45, 2.75) is 31.2 Å². The average molecular weight is 461 g/mol. The van der Waals surface area contributed by atoms with Gasteiger partial charge >= 0.3 is 12.1 Å². The fourth-order valence-electron chi connectivity index (χ4n) is 4.74. The molecule has 2 aromatic carbocycles. The zero-order chi connectivity index (χ0) is 23.7. The Morgan fingerprint density at radius 3 is 2.35 bits per heavy atom. The van der Waals surface area contributed by atoms with Crippen LogP contribution in [0.4, 0.5) is 10.7 Å².